The number of aromatic nitrogens is 1. The number of anilines is 1. The first-order valence-electron chi connectivity index (χ1n) is 8.67. The van der Waals surface area contributed by atoms with Crippen LogP contribution in [-0.4, -0.2) is 37.1 Å². The average molecular weight is 336 g/mol. The summed E-state index contributed by atoms with van der Waals surface area (Å²) in [5.74, 6) is 1.53. The Kier molecular flexibility index (Phi) is 5.20. The Labute approximate surface area is 149 Å². The number of hydrogen-bond donors (Lipinski definition) is 1. The molecule has 0 atom stereocenters. The number of rotatable bonds is 6. The number of nitrogens with two attached hydrogens (primary N) is 1. The topological polar surface area (TPSA) is 75.2 Å². The zero-order valence-corrected chi connectivity index (χ0v) is 14.8. The molecule has 1 heterocycles. The van der Waals surface area contributed by atoms with E-state index in [9.17, 15) is 5.26 Å². The lowest BCUT2D eigenvalue weighted by atomic mass is 9.81. The highest BCUT2D eigenvalue weighted by Crippen LogP contribution is 2.40. The highest BCUT2D eigenvalue weighted by atomic mass is 16.5. The highest BCUT2D eigenvalue weighted by molar-refractivity contribution is 5.79. The van der Waals surface area contributed by atoms with Gasteiger partial charge in [0.15, 0.2) is 0 Å². The van der Waals surface area contributed by atoms with Crippen LogP contribution in [-0.2, 0) is 0 Å². The number of pyridine rings is 1. The van der Waals surface area contributed by atoms with Crippen molar-refractivity contribution in [2.75, 3.05) is 33.0 Å². The zero-order valence-electron chi connectivity index (χ0n) is 14.8. The van der Waals surface area contributed by atoms with Gasteiger partial charge in [0.1, 0.15) is 29.8 Å². The van der Waals surface area contributed by atoms with E-state index in [0.717, 1.165) is 42.0 Å². The van der Waals surface area contributed by atoms with Crippen LogP contribution < -0.4 is 10.5 Å². The van der Waals surface area contributed by atoms with Crippen LogP contribution in [0.15, 0.2) is 30.3 Å². The molecule has 0 bridgehead atoms. The van der Waals surface area contributed by atoms with E-state index in [1.165, 1.54) is 6.42 Å². The van der Waals surface area contributed by atoms with Gasteiger partial charge in [0, 0.05) is 29.3 Å². The molecule has 0 spiro atoms. The maximum atomic E-state index is 9.58. The summed E-state index contributed by atoms with van der Waals surface area (Å²) in [7, 11) is 4.02. The van der Waals surface area contributed by atoms with Gasteiger partial charge in [-0.25, -0.2) is 4.98 Å². The van der Waals surface area contributed by atoms with Gasteiger partial charge in [-0.15, -0.1) is 0 Å². The third-order valence-corrected chi connectivity index (χ3v) is 4.68. The smallest absolute Gasteiger partial charge is 0.142 e. The summed E-state index contributed by atoms with van der Waals surface area (Å²) in [6.45, 7) is 1.41. The molecular weight excluding hydrogens is 312 g/mol. The van der Waals surface area contributed by atoms with Crippen LogP contribution in [0.2, 0.25) is 0 Å². The predicted octanol–water partition coefficient (Wildman–Crippen LogP) is 3.41. The van der Waals surface area contributed by atoms with Crippen LogP contribution in [0.5, 0.6) is 5.75 Å². The van der Waals surface area contributed by atoms with Crippen LogP contribution in [0.4, 0.5) is 5.82 Å². The lowest BCUT2D eigenvalue weighted by molar-refractivity contribution is 0.262. The van der Waals surface area contributed by atoms with Gasteiger partial charge in [-0.2, -0.15) is 5.26 Å². The maximum Gasteiger partial charge on any atom is 0.142 e. The molecule has 1 saturated carbocycles. The third kappa shape index (κ3) is 3.75. The van der Waals surface area contributed by atoms with Crippen molar-refractivity contribution in [3.05, 3.63) is 41.6 Å². The third-order valence-electron chi connectivity index (χ3n) is 4.68. The van der Waals surface area contributed by atoms with E-state index in [4.69, 9.17) is 10.5 Å². The number of benzene rings is 1. The first-order chi connectivity index (χ1) is 12.1. The molecule has 1 aliphatic carbocycles. The zero-order chi connectivity index (χ0) is 17.8. The molecule has 0 unspecified atom stereocenters. The monoisotopic (exact) mass is 336 g/mol. The second-order valence-electron chi connectivity index (χ2n) is 6.74. The van der Waals surface area contributed by atoms with Crippen LogP contribution in [0, 0.1) is 11.3 Å². The normalized spacial score (nSPS) is 14.2. The van der Waals surface area contributed by atoms with E-state index in [1.807, 2.05) is 44.4 Å². The Hall–Kier alpha value is -2.58. The minimum absolute atomic E-state index is 0.310. The van der Waals surface area contributed by atoms with Crippen molar-refractivity contribution in [1.29, 1.82) is 5.26 Å². The molecule has 1 fully saturated rings. The van der Waals surface area contributed by atoms with Gasteiger partial charge in [0.2, 0.25) is 0 Å². The van der Waals surface area contributed by atoms with Gasteiger partial charge in [0.05, 0.1) is 0 Å². The maximum absolute atomic E-state index is 9.58. The fraction of sp³-hybridized carbons (Fsp3) is 0.400. The molecule has 0 amide bonds. The van der Waals surface area contributed by atoms with Crippen LogP contribution in [0.1, 0.15) is 36.4 Å². The lowest BCUT2D eigenvalue weighted by Crippen LogP contribution is -2.19. The Morgan fingerprint density at radius 1 is 1.28 bits per heavy atom. The van der Waals surface area contributed by atoms with Crippen LogP contribution in [0.3, 0.4) is 0 Å². The molecule has 2 aromatic rings. The average Bonchev–Trinajstić information content (AvgIpc) is 2.53. The number of ether oxygens (including phenoxy) is 1. The molecule has 130 valence electrons. The quantitative estimate of drug-likeness (QED) is 0.875. The lowest BCUT2D eigenvalue weighted by Gasteiger charge is -2.26. The summed E-state index contributed by atoms with van der Waals surface area (Å²) in [5.41, 5.74) is 9.22. The summed E-state index contributed by atoms with van der Waals surface area (Å²) in [4.78, 5) is 6.55. The van der Waals surface area contributed by atoms with Crippen molar-refractivity contribution in [3.63, 3.8) is 0 Å². The van der Waals surface area contributed by atoms with Crippen molar-refractivity contribution >= 4 is 5.82 Å². The predicted molar refractivity (Wildman–Crippen MR) is 99.4 cm³/mol. The summed E-state index contributed by atoms with van der Waals surface area (Å²) >= 11 is 0. The molecule has 1 aromatic carbocycles. The Balaban J connectivity index is 2.00. The summed E-state index contributed by atoms with van der Waals surface area (Å²) in [6.07, 6.45) is 3.50. The van der Waals surface area contributed by atoms with Crippen LogP contribution in [0.25, 0.3) is 11.1 Å². The van der Waals surface area contributed by atoms with Crippen molar-refractivity contribution < 1.29 is 4.74 Å². The molecular formula is C20H24N4O. The number of nitrogens with zero attached hydrogens (tertiary/aromatic N) is 3. The van der Waals surface area contributed by atoms with Gasteiger partial charge in [0.25, 0.3) is 0 Å². The molecule has 25 heavy (non-hydrogen) atoms. The molecule has 0 aliphatic heterocycles. The van der Waals surface area contributed by atoms with Gasteiger partial charge in [-0.05, 0) is 39.1 Å². The highest BCUT2D eigenvalue weighted by Gasteiger charge is 2.24. The van der Waals surface area contributed by atoms with E-state index in [-0.39, 0.29) is 0 Å². The molecule has 0 saturated heterocycles. The van der Waals surface area contributed by atoms with E-state index in [0.29, 0.717) is 23.9 Å². The molecule has 0 radical (unpaired) electrons. The van der Waals surface area contributed by atoms with Crippen LogP contribution >= 0.6 is 0 Å². The van der Waals surface area contributed by atoms with Crippen molar-refractivity contribution in [3.8, 4) is 22.9 Å². The van der Waals surface area contributed by atoms with E-state index in [2.05, 4.69) is 16.0 Å². The number of nitriles is 1. The first kappa shape index (κ1) is 17.2. The summed E-state index contributed by atoms with van der Waals surface area (Å²) in [6, 6.07) is 12.0. The minimum atomic E-state index is 0.310. The Morgan fingerprint density at radius 2 is 2.04 bits per heavy atom. The van der Waals surface area contributed by atoms with Crippen molar-refractivity contribution in [1.82, 2.24) is 9.88 Å². The van der Waals surface area contributed by atoms with Crippen molar-refractivity contribution in [2.45, 2.75) is 25.2 Å². The SMILES string of the molecule is CN(C)CCOc1ccccc1-c1cc(C2CCC2)nc(N)c1C#N. The fourth-order valence-corrected chi connectivity index (χ4v) is 2.98. The summed E-state index contributed by atoms with van der Waals surface area (Å²) < 4.78 is 5.97. The molecule has 5 nitrogen and oxygen atoms in total. The molecule has 1 aromatic heterocycles. The summed E-state index contributed by atoms with van der Waals surface area (Å²) in [5, 5.41) is 9.58. The van der Waals surface area contributed by atoms with Gasteiger partial charge >= 0.3 is 0 Å². The molecule has 2 N–H and O–H groups in total. The first-order valence-corrected chi connectivity index (χ1v) is 8.67. The molecule has 3 rings (SSSR count). The second-order valence-corrected chi connectivity index (χ2v) is 6.74. The number of nitrogen functional groups attached to an aromatic ring is 1. The standard InChI is InChI=1S/C20H24N4O/c1-24(2)10-11-25-19-9-4-3-8-15(19)16-12-18(14-6-5-7-14)23-20(22)17(16)13-21/h3-4,8-9,12,14H,5-7,10-11H2,1-2H3,(H2,22,23). The second kappa shape index (κ2) is 7.54. The van der Waals surface area contributed by atoms with E-state index >= 15 is 0 Å². The van der Waals surface area contributed by atoms with Gasteiger partial charge < -0.3 is 15.4 Å². The minimum Gasteiger partial charge on any atom is -0.492 e. The van der Waals surface area contributed by atoms with E-state index < -0.39 is 0 Å². The van der Waals surface area contributed by atoms with Gasteiger partial charge in [-0.1, -0.05) is 24.6 Å². The Bertz CT molecular complexity index is 791. The number of para-hydroxylation sites is 1. The van der Waals surface area contributed by atoms with Crippen molar-refractivity contribution in [2.24, 2.45) is 0 Å². The fourth-order valence-electron chi connectivity index (χ4n) is 2.98. The molecule has 1 aliphatic rings. The number of likely N-dealkylation sites (N-methyl/N-ethyl adjacent to an activating group) is 1. The van der Waals surface area contributed by atoms with Gasteiger partial charge in [-0.3, -0.25) is 0 Å². The molecule has 5 heteroatoms. The largest absolute Gasteiger partial charge is 0.492 e. The number of hydrogen-bond acceptors (Lipinski definition) is 5. The van der Waals surface area contributed by atoms with E-state index in [1.54, 1.807) is 0 Å². The Morgan fingerprint density at radius 3 is 2.68 bits per heavy atom.